The van der Waals surface area contributed by atoms with E-state index in [0.29, 0.717) is 6.61 Å². The second-order valence-electron chi connectivity index (χ2n) is 2.79. The highest BCUT2D eigenvalue weighted by Crippen LogP contribution is 2.21. The zero-order valence-electron chi connectivity index (χ0n) is 8.60. The zero-order chi connectivity index (χ0) is 10.3. The lowest BCUT2D eigenvalue weighted by Gasteiger charge is -2.18. The number of hydrogen-bond acceptors (Lipinski definition) is 2. The minimum absolute atomic E-state index is 0.700. The third-order valence-corrected chi connectivity index (χ3v) is 1.90. The van der Waals surface area contributed by atoms with E-state index in [1.807, 2.05) is 13.0 Å². The Bertz CT molecular complexity index is 216. The standard InChI is InChI=1S/C10H14O.CH5N/c1-4-9-7-11-6-5-10(9)8(2)3;1-2/h4H,1-2,5-7H2,3H3;2H2,1H3. The van der Waals surface area contributed by atoms with E-state index in [1.54, 1.807) is 0 Å². The maximum absolute atomic E-state index is 5.28. The lowest BCUT2D eigenvalue weighted by molar-refractivity contribution is 0.149. The van der Waals surface area contributed by atoms with Crippen molar-refractivity contribution in [3.8, 4) is 0 Å². The van der Waals surface area contributed by atoms with E-state index in [-0.39, 0.29) is 0 Å². The summed E-state index contributed by atoms with van der Waals surface area (Å²) in [7, 11) is 1.50. The molecule has 0 unspecified atom stereocenters. The van der Waals surface area contributed by atoms with Crippen molar-refractivity contribution in [1.29, 1.82) is 0 Å². The van der Waals surface area contributed by atoms with Crippen LogP contribution in [0.4, 0.5) is 0 Å². The van der Waals surface area contributed by atoms with E-state index >= 15 is 0 Å². The van der Waals surface area contributed by atoms with Crippen LogP contribution in [0.2, 0.25) is 0 Å². The molecule has 1 aliphatic rings. The average Bonchev–Trinajstić information content (AvgIpc) is 2.20. The van der Waals surface area contributed by atoms with Crippen molar-refractivity contribution in [3.63, 3.8) is 0 Å². The summed E-state index contributed by atoms with van der Waals surface area (Å²) in [6.07, 6.45) is 2.85. The summed E-state index contributed by atoms with van der Waals surface area (Å²) >= 11 is 0. The van der Waals surface area contributed by atoms with Crippen LogP contribution >= 0.6 is 0 Å². The number of hydrogen-bond donors (Lipinski definition) is 1. The first-order valence-electron chi connectivity index (χ1n) is 4.41. The maximum atomic E-state index is 5.28. The number of nitrogens with two attached hydrogens (primary N) is 1. The molecule has 1 heterocycles. The molecule has 2 nitrogen and oxygen atoms in total. The highest BCUT2D eigenvalue weighted by Gasteiger charge is 2.10. The van der Waals surface area contributed by atoms with Gasteiger partial charge < -0.3 is 10.5 Å². The molecule has 0 saturated carbocycles. The van der Waals surface area contributed by atoms with Crippen LogP contribution in [0.3, 0.4) is 0 Å². The SMILES string of the molecule is C=CC1=C(C(=C)C)CCOC1.CN. The van der Waals surface area contributed by atoms with Crippen LogP contribution < -0.4 is 5.73 Å². The van der Waals surface area contributed by atoms with Gasteiger partial charge in [-0.25, -0.2) is 0 Å². The third-order valence-electron chi connectivity index (χ3n) is 1.90. The van der Waals surface area contributed by atoms with E-state index in [0.717, 1.165) is 18.6 Å². The van der Waals surface area contributed by atoms with E-state index in [2.05, 4.69) is 18.9 Å². The zero-order valence-corrected chi connectivity index (χ0v) is 8.60. The van der Waals surface area contributed by atoms with Gasteiger partial charge in [-0.2, -0.15) is 0 Å². The van der Waals surface area contributed by atoms with Gasteiger partial charge in [0.1, 0.15) is 0 Å². The summed E-state index contributed by atoms with van der Waals surface area (Å²) in [5.41, 5.74) is 8.17. The Morgan fingerprint density at radius 2 is 2.15 bits per heavy atom. The summed E-state index contributed by atoms with van der Waals surface area (Å²) in [4.78, 5) is 0. The first-order valence-corrected chi connectivity index (χ1v) is 4.41. The Balaban J connectivity index is 0.000000671. The molecule has 0 fully saturated rings. The van der Waals surface area contributed by atoms with Gasteiger partial charge in [0, 0.05) is 0 Å². The molecule has 74 valence electrons. The lowest BCUT2D eigenvalue weighted by atomic mass is 9.98. The molecule has 1 aliphatic heterocycles. The molecular weight excluding hydrogens is 162 g/mol. The molecule has 0 aromatic carbocycles. The summed E-state index contributed by atoms with van der Waals surface area (Å²) in [5, 5.41) is 0. The van der Waals surface area contributed by atoms with Crippen LogP contribution in [0.15, 0.2) is 36.0 Å². The van der Waals surface area contributed by atoms with Crippen molar-refractivity contribution in [2.75, 3.05) is 20.3 Å². The van der Waals surface area contributed by atoms with E-state index in [4.69, 9.17) is 4.74 Å². The summed E-state index contributed by atoms with van der Waals surface area (Å²) in [6.45, 7) is 11.2. The number of rotatable bonds is 2. The quantitative estimate of drug-likeness (QED) is 0.707. The smallest absolute Gasteiger partial charge is 0.0719 e. The van der Waals surface area contributed by atoms with Gasteiger partial charge in [0.05, 0.1) is 13.2 Å². The summed E-state index contributed by atoms with van der Waals surface area (Å²) in [6, 6.07) is 0. The lowest BCUT2D eigenvalue weighted by Crippen LogP contribution is -2.10. The van der Waals surface area contributed by atoms with Crippen LogP contribution in [0, 0.1) is 0 Å². The van der Waals surface area contributed by atoms with Gasteiger partial charge in [-0.05, 0) is 31.5 Å². The molecule has 13 heavy (non-hydrogen) atoms. The van der Waals surface area contributed by atoms with Gasteiger partial charge in [-0.15, -0.1) is 0 Å². The molecule has 2 heteroatoms. The first-order chi connectivity index (χ1) is 6.25. The van der Waals surface area contributed by atoms with Crippen molar-refractivity contribution in [1.82, 2.24) is 0 Å². The topological polar surface area (TPSA) is 35.2 Å². The Kier molecular flexibility index (Phi) is 6.20. The van der Waals surface area contributed by atoms with Gasteiger partial charge in [-0.3, -0.25) is 0 Å². The molecule has 0 atom stereocenters. The van der Waals surface area contributed by atoms with Crippen molar-refractivity contribution < 1.29 is 4.74 Å². The highest BCUT2D eigenvalue weighted by molar-refractivity contribution is 5.38. The summed E-state index contributed by atoms with van der Waals surface area (Å²) < 4.78 is 5.28. The van der Waals surface area contributed by atoms with Crippen molar-refractivity contribution in [2.45, 2.75) is 13.3 Å². The Morgan fingerprint density at radius 1 is 1.54 bits per heavy atom. The predicted molar refractivity (Wildman–Crippen MR) is 57.6 cm³/mol. The molecule has 0 aromatic heterocycles. The van der Waals surface area contributed by atoms with Crippen LogP contribution in [0.25, 0.3) is 0 Å². The van der Waals surface area contributed by atoms with E-state index in [9.17, 15) is 0 Å². The predicted octanol–water partition coefficient (Wildman–Crippen LogP) is 2.04. The second-order valence-corrected chi connectivity index (χ2v) is 2.79. The van der Waals surface area contributed by atoms with Crippen molar-refractivity contribution in [2.24, 2.45) is 5.73 Å². The molecule has 0 radical (unpaired) electrons. The second kappa shape index (κ2) is 6.63. The van der Waals surface area contributed by atoms with Gasteiger partial charge in [0.2, 0.25) is 0 Å². The van der Waals surface area contributed by atoms with E-state index < -0.39 is 0 Å². The van der Waals surface area contributed by atoms with Gasteiger partial charge in [0.25, 0.3) is 0 Å². The monoisotopic (exact) mass is 181 g/mol. The number of ether oxygens (including phenoxy) is 1. The van der Waals surface area contributed by atoms with Gasteiger partial charge >= 0.3 is 0 Å². The largest absolute Gasteiger partial charge is 0.376 e. The Morgan fingerprint density at radius 3 is 2.54 bits per heavy atom. The van der Waals surface area contributed by atoms with E-state index in [1.165, 1.54) is 18.2 Å². The minimum Gasteiger partial charge on any atom is -0.376 e. The van der Waals surface area contributed by atoms with Crippen LogP contribution in [0.1, 0.15) is 13.3 Å². The van der Waals surface area contributed by atoms with Crippen molar-refractivity contribution >= 4 is 0 Å². The molecule has 0 saturated heterocycles. The van der Waals surface area contributed by atoms with Gasteiger partial charge in [-0.1, -0.05) is 24.8 Å². The van der Waals surface area contributed by atoms with Gasteiger partial charge in [0.15, 0.2) is 0 Å². The molecule has 2 N–H and O–H groups in total. The molecule has 0 spiro atoms. The molecule has 0 bridgehead atoms. The molecule has 1 rings (SSSR count). The Labute approximate surface area is 80.8 Å². The van der Waals surface area contributed by atoms with Crippen LogP contribution in [-0.2, 0) is 4.74 Å². The van der Waals surface area contributed by atoms with Crippen LogP contribution in [-0.4, -0.2) is 20.3 Å². The number of allylic oxidation sites excluding steroid dienone is 1. The fraction of sp³-hybridized carbons (Fsp3) is 0.455. The third kappa shape index (κ3) is 3.57. The van der Waals surface area contributed by atoms with Crippen LogP contribution in [0.5, 0.6) is 0 Å². The maximum Gasteiger partial charge on any atom is 0.0719 e. The minimum atomic E-state index is 0.700. The molecule has 0 amide bonds. The fourth-order valence-corrected chi connectivity index (χ4v) is 1.27. The first kappa shape index (κ1) is 12.1. The summed E-state index contributed by atoms with van der Waals surface area (Å²) in [5.74, 6) is 0. The average molecular weight is 181 g/mol. The van der Waals surface area contributed by atoms with Crippen molar-refractivity contribution in [3.05, 3.63) is 36.0 Å². The Hall–Kier alpha value is -0.860. The molecular formula is C11H19NO. The molecule has 0 aromatic rings. The molecule has 0 aliphatic carbocycles. The fourth-order valence-electron chi connectivity index (χ4n) is 1.27. The normalized spacial score (nSPS) is 15.9. The highest BCUT2D eigenvalue weighted by atomic mass is 16.5.